The lowest BCUT2D eigenvalue weighted by atomic mass is 10.1. The van der Waals surface area contributed by atoms with E-state index < -0.39 is 7.59 Å². The molecule has 3 aliphatic heterocycles. The average Bonchev–Trinajstić information content (AvgIpc) is 3.10. The predicted octanol–water partition coefficient (Wildman–Crippen LogP) is 4.18. The largest absolute Gasteiger partial charge is 0.311 e. The van der Waals surface area contributed by atoms with E-state index in [0.717, 1.165) is 31.9 Å². The molecule has 0 bridgehead atoms. The summed E-state index contributed by atoms with van der Waals surface area (Å²) in [5, 5.41) is 0. The highest BCUT2D eigenvalue weighted by molar-refractivity contribution is 7.61. The SMILES string of the molecule is Cc1cc(C)cc(N2C[C@@H]3CCCN3[P@@]2(=O)N2CCCCC2)c1. The normalized spacial score (nSPS) is 32.4. The van der Waals surface area contributed by atoms with E-state index in [0.29, 0.717) is 6.04 Å². The van der Waals surface area contributed by atoms with Gasteiger partial charge in [0.2, 0.25) is 0 Å². The lowest BCUT2D eigenvalue weighted by Gasteiger charge is -2.40. The molecule has 3 heterocycles. The van der Waals surface area contributed by atoms with Crippen LogP contribution in [0.5, 0.6) is 0 Å². The summed E-state index contributed by atoms with van der Waals surface area (Å²) in [4.78, 5) is 0. The zero-order chi connectivity index (χ0) is 16.0. The van der Waals surface area contributed by atoms with Gasteiger partial charge in [0.1, 0.15) is 0 Å². The molecular formula is C18H28N3OP. The molecule has 0 amide bonds. The number of fused-ring (bicyclic) bond motifs is 1. The lowest BCUT2D eigenvalue weighted by Crippen LogP contribution is -2.37. The quantitative estimate of drug-likeness (QED) is 0.759. The highest BCUT2D eigenvalue weighted by Gasteiger charge is 2.54. The molecule has 0 N–H and O–H groups in total. The molecule has 0 spiro atoms. The standard InChI is InChI=1S/C18H28N3OP/c1-15-11-16(2)13-18(12-15)21-14-17-7-6-10-20(17)23(21,22)19-8-4-3-5-9-19/h11-13,17H,3-10,14H2,1-2H3/t17-,23-/m0/s1. The molecule has 4 rings (SSSR count). The van der Waals surface area contributed by atoms with Crippen LogP contribution in [-0.4, -0.2) is 41.6 Å². The topological polar surface area (TPSA) is 26.8 Å². The van der Waals surface area contributed by atoms with Crippen molar-refractivity contribution in [1.82, 2.24) is 9.34 Å². The molecule has 1 aromatic carbocycles. The van der Waals surface area contributed by atoms with Gasteiger partial charge in [0.15, 0.2) is 0 Å². The molecule has 126 valence electrons. The van der Waals surface area contributed by atoms with Crippen LogP contribution < -0.4 is 4.67 Å². The van der Waals surface area contributed by atoms with E-state index in [4.69, 9.17) is 0 Å². The summed E-state index contributed by atoms with van der Waals surface area (Å²) in [7, 11) is -2.62. The third-order valence-electron chi connectivity index (χ3n) is 5.58. The van der Waals surface area contributed by atoms with Crippen LogP contribution in [0.2, 0.25) is 0 Å². The number of nitrogens with zero attached hydrogens (tertiary/aromatic N) is 3. The van der Waals surface area contributed by atoms with E-state index in [2.05, 4.69) is 46.1 Å². The highest BCUT2D eigenvalue weighted by Crippen LogP contribution is 2.65. The van der Waals surface area contributed by atoms with Crippen molar-refractivity contribution in [3.63, 3.8) is 0 Å². The Balaban J connectivity index is 1.76. The second-order valence-electron chi connectivity index (χ2n) is 7.41. The Morgan fingerprint density at radius 1 is 0.957 bits per heavy atom. The lowest BCUT2D eigenvalue weighted by molar-refractivity contribution is 0.309. The molecule has 0 unspecified atom stereocenters. The van der Waals surface area contributed by atoms with Gasteiger partial charge in [-0.15, -0.1) is 0 Å². The van der Waals surface area contributed by atoms with Crippen molar-refractivity contribution in [2.75, 3.05) is 30.8 Å². The van der Waals surface area contributed by atoms with Crippen molar-refractivity contribution in [3.8, 4) is 0 Å². The van der Waals surface area contributed by atoms with Crippen molar-refractivity contribution >= 4 is 13.3 Å². The number of rotatable bonds is 2. The Morgan fingerprint density at radius 3 is 2.35 bits per heavy atom. The molecule has 0 aliphatic carbocycles. The highest BCUT2D eigenvalue weighted by atomic mass is 31.2. The van der Waals surface area contributed by atoms with Gasteiger partial charge in [-0.25, -0.2) is 9.34 Å². The van der Waals surface area contributed by atoms with Gasteiger partial charge in [-0.3, -0.25) is 9.24 Å². The Morgan fingerprint density at radius 2 is 1.65 bits per heavy atom. The third-order valence-corrected chi connectivity index (χ3v) is 8.94. The Hall–Kier alpha value is -0.830. The number of benzene rings is 1. The summed E-state index contributed by atoms with van der Waals surface area (Å²) in [5.41, 5.74) is 3.68. The van der Waals surface area contributed by atoms with Crippen LogP contribution in [0.25, 0.3) is 0 Å². The van der Waals surface area contributed by atoms with Gasteiger partial charge in [-0.1, -0.05) is 12.5 Å². The van der Waals surface area contributed by atoms with Crippen LogP contribution >= 0.6 is 7.59 Å². The molecule has 0 aromatic heterocycles. The summed E-state index contributed by atoms with van der Waals surface area (Å²) >= 11 is 0. The molecular weight excluding hydrogens is 305 g/mol. The molecule has 4 nitrogen and oxygen atoms in total. The number of hydrogen-bond donors (Lipinski definition) is 0. The maximum absolute atomic E-state index is 14.3. The molecule has 1 aromatic rings. The summed E-state index contributed by atoms with van der Waals surface area (Å²) in [6.07, 6.45) is 6.04. The monoisotopic (exact) mass is 333 g/mol. The van der Waals surface area contributed by atoms with Crippen LogP contribution in [0.4, 0.5) is 5.69 Å². The fraction of sp³-hybridized carbons (Fsp3) is 0.667. The van der Waals surface area contributed by atoms with Gasteiger partial charge in [-0.05, 0) is 62.8 Å². The van der Waals surface area contributed by atoms with Gasteiger partial charge in [-0.2, -0.15) is 0 Å². The van der Waals surface area contributed by atoms with Crippen LogP contribution in [-0.2, 0) is 4.57 Å². The van der Waals surface area contributed by atoms with E-state index in [1.807, 2.05) is 0 Å². The first kappa shape index (κ1) is 15.7. The zero-order valence-electron chi connectivity index (χ0n) is 14.4. The number of aryl methyl sites for hydroxylation is 2. The van der Waals surface area contributed by atoms with Crippen molar-refractivity contribution < 1.29 is 4.57 Å². The summed E-state index contributed by atoms with van der Waals surface area (Å²) in [6.45, 7) is 8.18. The van der Waals surface area contributed by atoms with Crippen molar-refractivity contribution in [1.29, 1.82) is 0 Å². The molecule has 0 radical (unpaired) electrons. The van der Waals surface area contributed by atoms with E-state index in [9.17, 15) is 4.57 Å². The molecule has 3 saturated heterocycles. The first-order valence-corrected chi connectivity index (χ1v) is 10.6. The maximum Gasteiger partial charge on any atom is 0.311 e. The molecule has 3 aliphatic rings. The minimum atomic E-state index is -2.62. The molecule has 5 heteroatoms. The van der Waals surface area contributed by atoms with Crippen LogP contribution in [0.3, 0.4) is 0 Å². The molecule has 0 saturated carbocycles. The van der Waals surface area contributed by atoms with Gasteiger partial charge in [0.25, 0.3) is 0 Å². The van der Waals surface area contributed by atoms with Crippen LogP contribution in [0, 0.1) is 13.8 Å². The smallest absolute Gasteiger partial charge is 0.297 e. The van der Waals surface area contributed by atoms with Crippen LogP contribution in [0.1, 0.15) is 43.2 Å². The molecule has 23 heavy (non-hydrogen) atoms. The Bertz CT molecular complexity index is 621. The summed E-state index contributed by atoms with van der Waals surface area (Å²) in [6, 6.07) is 7.10. The second-order valence-corrected chi connectivity index (χ2v) is 10.0. The first-order valence-electron chi connectivity index (χ1n) is 9.08. The summed E-state index contributed by atoms with van der Waals surface area (Å²) in [5.74, 6) is 0. The Kier molecular flexibility index (Phi) is 4.03. The van der Waals surface area contributed by atoms with Gasteiger partial charge >= 0.3 is 7.59 Å². The number of anilines is 1. The fourth-order valence-electron chi connectivity index (χ4n) is 4.60. The predicted molar refractivity (Wildman–Crippen MR) is 96.0 cm³/mol. The Labute approximate surface area is 140 Å². The van der Waals surface area contributed by atoms with Gasteiger partial charge < -0.3 is 0 Å². The van der Waals surface area contributed by atoms with Crippen LogP contribution in [0.15, 0.2) is 18.2 Å². The number of hydrogen-bond acceptors (Lipinski definition) is 1. The summed E-state index contributed by atoms with van der Waals surface area (Å²) < 4.78 is 21.3. The van der Waals surface area contributed by atoms with E-state index >= 15 is 0 Å². The molecule has 2 atom stereocenters. The first-order chi connectivity index (χ1) is 11.1. The minimum Gasteiger partial charge on any atom is -0.297 e. The van der Waals surface area contributed by atoms with Crippen molar-refractivity contribution in [2.45, 2.75) is 52.0 Å². The van der Waals surface area contributed by atoms with Gasteiger partial charge in [0, 0.05) is 37.9 Å². The zero-order valence-corrected chi connectivity index (χ0v) is 15.3. The maximum atomic E-state index is 14.3. The fourth-order valence-corrected chi connectivity index (χ4v) is 8.15. The third kappa shape index (κ3) is 2.56. The van der Waals surface area contributed by atoms with Crippen molar-refractivity contribution in [3.05, 3.63) is 29.3 Å². The second kappa shape index (κ2) is 5.91. The van der Waals surface area contributed by atoms with Gasteiger partial charge in [0.05, 0.1) is 0 Å². The number of piperidine rings is 1. The minimum absolute atomic E-state index is 0.476. The van der Waals surface area contributed by atoms with E-state index in [1.165, 1.54) is 43.2 Å². The van der Waals surface area contributed by atoms with Crippen molar-refractivity contribution in [2.24, 2.45) is 0 Å². The molecule has 3 fully saturated rings. The van der Waals surface area contributed by atoms with E-state index in [1.54, 1.807) is 0 Å². The van der Waals surface area contributed by atoms with E-state index in [-0.39, 0.29) is 0 Å². The average molecular weight is 333 g/mol.